The molecule has 1 saturated heterocycles. The van der Waals surface area contributed by atoms with Crippen molar-refractivity contribution in [2.24, 2.45) is 0 Å². The standard InChI is InChI=1S/C16H24F2N2/c1-3-20(11-14-6-4-5-9-19-14)12(2)15-10-13(17)7-8-16(15)18/h7-8,10,12,14,19H,3-6,9,11H2,1-2H3. The van der Waals surface area contributed by atoms with Gasteiger partial charge in [0, 0.05) is 24.2 Å². The number of benzene rings is 1. The van der Waals surface area contributed by atoms with Gasteiger partial charge in [-0.05, 0) is 51.1 Å². The first-order valence-corrected chi connectivity index (χ1v) is 7.54. The van der Waals surface area contributed by atoms with Crippen molar-refractivity contribution in [1.82, 2.24) is 10.2 Å². The van der Waals surface area contributed by atoms with E-state index >= 15 is 0 Å². The molecule has 2 unspecified atom stereocenters. The number of nitrogens with zero attached hydrogens (tertiary/aromatic N) is 1. The minimum absolute atomic E-state index is 0.112. The largest absolute Gasteiger partial charge is 0.313 e. The molecule has 112 valence electrons. The summed E-state index contributed by atoms with van der Waals surface area (Å²) in [5.41, 5.74) is 0.447. The van der Waals surface area contributed by atoms with Gasteiger partial charge in [0.25, 0.3) is 0 Å². The molecule has 1 aliphatic heterocycles. The van der Waals surface area contributed by atoms with Crippen LogP contribution >= 0.6 is 0 Å². The Morgan fingerprint density at radius 3 is 2.80 bits per heavy atom. The Bertz CT molecular complexity index is 430. The van der Waals surface area contributed by atoms with Crippen LogP contribution in [0.4, 0.5) is 8.78 Å². The van der Waals surface area contributed by atoms with Gasteiger partial charge < -0.3 is 5.32 Å². The van der Waals surface area contributed by atoms with E-state index in [-0.39, 0.29) is 17.7 Å². The Labute approximate surface area is 120 Å². The van der Waals surface area contributed by atoms with Crippen LogP contribution in [-0.4, -0.2) is 30.6 Å². The fraction of sp³-hybridized carbons (Fsp3) is 0.625. The van der Waals surface area contributed by atoms with Crippen molar-refractivity contribution in [2.45, 2.75) is 45.2 Å². The first-order valence-electron chi connectivity index (χ1n) is 7.54. The Kier molecular flexibility index (Phi) is 5.49. The van der Waals surface area contributed by atoms with E-state index < -0.39 is 0 Å². The summed E-state index contributed by atoms with van der Waals surface area (Å²) in [6, 6.07) is 4.05. The summed E-state index contributed by atoms with van der Waals surface area (Å²) >= 11 is 0. The van der Waals surface area contributed by atoms with E-state index in [0.717, 1.165) is 26.1 Å². The molecule has 0 spiro atoms. The SMILES string of the molecule is CCN(CC1CCCCN1)C(C)c1cc(F)ccc1F. The molecule has 4 heteroatoms. The third-order valence-corrected chi connectivity index (χ3v) is 4.23. The molecule has 0 amide bonds. The van der Waals surface area contributed by atoms with Crippen molar-refractivity contribution in [2.75, 3.05) is 19.6 Å². The summed E-state index contributed by atoms with van der Waals surface area (Å²) in [7, 11) is 0. The molecule has 0 aromatic heterocycles. The lowest BCUT2D eigenvalue weighted by molar-refractivity contribution is 0.181. The maximum atomic E-state index is 13.9. The summed E-state index contributed by atoms with van der Waals surface area (Å²) in [5.74, 6) is -0.700. The van der Waals surface area contributed by atoms with Crippen LogP contribution in [0.15, 0.2) is 18.2 Å². The van der Waals surface area contributed by atoms with Crippen molar-refractivity contribution in [3.63, 3.8) is 0 Å². The van der Waals surface area contributed by atoms with Crippen LogP contribution in [0.3, 0.4) is 0 Å². The van der Waals surface area contributed by atoms with E-state index in [1.54, 1.807) is 0 Å². The smallest absolute Gasteiger partial charge is 0.128 e. The van der Waals surface area contributed by atoms with E-state index in [2.05, 4.69) is 17.1 Å². The molecule has 1 aromatic rings. The van der Waals surface area contributed by atoms with Crippen LogP contribution in [0, 0.1) is 11.6 Å². The van der Waals surface area contributed by atoms with E-state index in [9.17, 15) is 8.78 Å². The Hall–Kier alpha value is -1.00. The zero-order valence-corrected chi connectivity index (χ0v) is 12.3. The molecule has 0 saturated carbocycles. The van der Waals surface area contributed by atoms with Crippen molar-refractivity contribution < 1.29 is 8.78 Å². The Morgan fingerprint density at radius 2 is 2.15 bits per heavy atom. The molecule has 20 heavy (non-hydrogen) atoms. The first kappa shape index (κ1) is 15.4. The molecule has 1 N–H and O–H groups in total. The van der Waals surface area contributed by atoms with Crippen LogP contribution in [0.1, 0.15) is 44.7 Å². The maximum absolute atomic E-state index is 13.9. The predicted octanol–water partition coefficient (Wildman–Crippen LogP) is 3.49. The second-order valence-electron chi connectivity index (χ2n) is 5.58. The molecule has 0 radical (unpaired) electrons. The minimum Gasteiger partial charge on any atom is -0.313 e. The Balaban J connectivity index is 2.07. The molecule has 1 heterocycles. The highest BCUT2D eigenvalue weighted by atomic mass is 19.1. The average molecular weight is 282 g/mol. The van der Waals surface area contributed by atoms with Gasteiger partial charge in [0.2, 0.25) is 0 Å². The van der Waals surface area contributed by atoms with Crippen LogP contribution in [0.2, 0.25) is 0 Å². The van der Waals surface area contributed by atoms with Gasteiger partial charge in [-0.25, -0.2) is 8.78 Å². The van der Waals surface area contributed by atoms with Crippen molar-refractivity contribution >= 4 is 0 Å². The molecule has 1 aromatic carbocycles. The third-order valence-electron chi connectivity index (χ3n) is 4.23. The second-order valence-corrected chi connectivity index (χ2v) is 5.58. The van der Waals surface area contributed by atoms with Crippen molar-refractivity contribution in [1.29, 1.82) is 0 Å². The van der Waals surface area contributed by atoms with Gasteiger partial charge in [-0.1, -0.05) is 13.3 Å². The van der Waals surface area contributed by atoms with E-state index in [4.69, 9.17) is 0 Å². The number of likely N-dealkylation sites (N-methyl/N-ethyl adjacent to an activating group) is 1. The number of piperidine rings is 1. The first-order chi connectivity index (χ1) is 9.61. The number of rotatable bonds is 5. The highest BCUT2D eigenvalue weighted by Gasteiger charge is 2.22. The molecule has 2 nitrogen and oxygen atoms in total. The molecular formula is C16H24F2N2. The summed E-state index contributed by atoms with van der Waals surface area (Å²) in [6.45, 7) is 6.79. The normalized spacial score (nSPS) is 21.1. The van der Waals surface area contributed by atoms with Crippen LogP contribution in [0.5, 0.6) is 0 Å². The molecule has 1 fully saturated rings. The molecule has 0 aliphatic carbocycles. The summed E-state index contributed by atoms with van der Waals surface area (Å²) < 4.78 is 27.2. The highest BCUT2D eigenvalue weighted by Crippen LogP contribution is 2.24. The second kappa shape index (κ2) is 7.14. The average Bonchev–Trinajstić information content (AvgIpc) is 2.47. The predicted molar refractivity (Wildman–Crippen MR) is 77.7 cm³/mol. The van der Waals surface area contributed by atoms with Crippen LogP contribution in [-0.2, 0) is 0 Å². The van der Waals surface area contributed by atoms with Crippen LogP contribution < -0.4 is 5.32 Å². The maximum Gasteiger partial charge on any atom is 0.128 e. The van der Waals surface area contributed by atoms with E-state index in [1.165, 1.54) is 31.0 Å². The van der Waals surface area contributed by atoms with Gasteiger partial charge in [0.15, 0.2) is 0 Å². The molecule has 2 rings (SSSR count). The van der Waals surface area contributed by atoms with Gasteiger partial charge in [0.05, 0.1) is 0 Å². The lowest BCUT2D eigenvalue weighted by Crippen LogP contribution is -2.44. The third kappa shape index (κ3) is 3.76. The van der Waals surface area contributed by atoms with Gasteiger partial charge in [-0.3, -0.25) is 4.90 Å². The van der Waals surface area contributed by atoms with E-state index in [1.807, 2.05) is 6.92 Å². The van der Waals surface area contributed by atoms with Gasteiger partial charge >= 0.3 is 0 Å². The summed E-state index contributed by atoms with van der Waals surface area (Å²) in [4.78, 5) is 2.21. The van der Waals surface area contributed by atoms with E-state index in [0.29, 0.717) is 11.6 Å². The fourth-order valence-corrected chi connectivity index (χ4v) is 2.96. The lowest BCUT2D eigenvalue weighted by atomic mass is 10.0. The highest BCUT2D eigenvalue weighted by molar-refractivity contribution is 5.22. The molecular weight excluding hydrogens is 258 g/mol. The number of halogens is 2. The topological polar surface area (TPSA) is 15.3 Å². The molecule has 0 bridgehead atoms. The zero-order valence-electron chi connectivity index (χ0n) is 12.3. The van der Waals surface area contributed by atoms with Gasteiger partial charge in [0.1, 0.15) is 11.6 Å². The van der Waals surface area contributed by atoms with Crippen LogP contribution in [0.25, 0.3) is 0 Å². The minimum atomic E-state index is -0.375. The van der Waals surface area contributed by atoms with Crippen molar-refractivity contribution in [3.8, 4) is 0 Å². The zero-order chi connectivity index (χ0) is 14.5. The van der Waals surface area contributed by atoms with Gasteiger partial charge in [-0.15, -0.1) is 0 Å². The summed E-state index contributed by atoms with van der Waals surface area (Å²) in [6.07, 6.45) is 3.64. The molecule has 1 aliphatic rings. The van der Waals surface area contributed by atoms with Gasteiger partial charge in [-0.2, -0.15) is 0 Å². The van der Waals surface area contributed by atoms with Crippen molar-refractivity contribution in [3.05, 3.63) is 35.4 Å². The molecule has 2 atom stereocenters. The number of nitrogens with one attached hydrogen (secondary N) is 1. The summed E-state index contributed by atoms with van der Waals surface area (Å²) in [5, 5.41) is 3.51. The monoisotopic (exact) mass is 282 g/mol. The number of hydrogen-bond acceptors (Lipinski definition) is 2. The quantitative estimate of drug-likeness (QED) is 0.889. The Morgan fingerprint density at radius 1 is 1.35 bits per heavy atom. The number of hydrogen-bond donors (Lipinski definition) is 1. The lowest BCUT2D eigenvalue weighted by Gasteiger charge is -2.34. The fourth-order valence-electron chi connectivity index (χ4n) is 2.96.